The van der Waals surface area contributed by atoms with Crippen LogP contribution in [0.25, 0.3) is 10.6 Å². The minimum absolute atomic E-state index is 0.0630. The first-order valence-electron chi connectivity index (χ1n) is 7.46. The summed E-state index contributed by atoms with van der Waals surface area (Å²) in [5.41, 5.74) is 0. The summed E-state index contributed by atoms with van der Waals surface area (Å²) in [5, 5.41) is 14.5. The Labute approximate surface area is 141 Å². The average molecular weight is 348 g/mol. The number of carbonyl (C=O) groups is 3. The summed E-state index contributed by atoms with van der Waals surface area (Å²) in [6.07, 6.45) is -0.716. The summed E-state index contributed by atoms with van der Waals surface area (Å²) in [6.45, 7) is -0.380. The van der Waals surface area contributed by atoms with Gasteiger partial charge in [-0.2, -0.15) is 0 Å². The van der Waals surface area contributed by atoms with E-state index in [4.69, 9.17) is 4.42 Å². The zero-order valence-corrected chi connectivity index (χ0v) is 13.5. The number of thiophene rings is 1. The molecule has 0 aromatic carbocycles. The number of rotatable bonds is 6. The molecular formula is C16H16N2O5S. The Morgan fingerprint density at radius 2 is 2.04 bits per heavy atom. The summed E-state index contributed by atoms with van der Waals surface area (Å²) >= 11 is 1.52. The Morgan fingerprint density at radius 1 is 1.29 bits per heavy atom. The summed E-state index contributed by atoms with van der Waals surface area (Å²) < 4.78 is 5.58. The Balaban J connectivity index is 1.52. The van der Waals surface area contributed by atoms with Crippen molar-refractivity contribution >= 4 is 29.1 Å². The normalized spacial score (nSPS) is 15.8. The molecule has 3 rings (SSSR count). The van der Waals surface area contributed by atoms with Gasteiger partial charge in [0.1, 0.15) is 24.2 Å². The van der Waals surface area contributed by atoms with Crippen LogP contribution >= 0.6 is 11.3 Å². The standard InChI is InChI=1S/C16H16N2O5S/c19-10(11-3-4-12(23-11)13-2-1-7-24-13)8-17-14(20)9-18-15(21)5-6-16(18)22/h1-4,7,10,19H,5-6,8-9H2,(H,17,20). The molecule has 2 aromatic rings. The van der Waals surface area contributed by atoms with E-state index >= 15 is 0 Å². The second kappa shape index (κ2) is 6.98. The van der Waals surface area contributed by atoms with Gasteiger partial charge in [-0.15, -0.1) is 11.3 Å². The van der Waals surface area contributed by atoms with Gasteiger partial charge in [-0.05, 0) is 23.6 Å². The molecule has 0 aliphatic carbocycles. The second-order valence-corrected chi connectivity index (χ2v) is 6.32. The van der Waals surface area contributed by atoms with Gasteiger partial charge in [0.2, 0.25) is 17.7 Å². The molecule has 1 unspecified atom stereocenters. The number of hydrogen-bond donors (Lipinski definition) is 2. The summed E-state index contributed by atoms with van der Waals surface area (Å²) in [4.78, 5) is 36.6. The van der Waals surface area contributed by atoms with Crippen molar-refractivity contribution in [2.24, 2.45) is 0 Å². The Hall–Kier alpha value is -2.45. The van der Waals surface area contributed by atoms with Gasteiger partial charge in [0, 0.05) is 12.8 Å². The number of likely N-dealkylation sites (tertiary alicyclic amines) is 1. The molecule has 3 heterocycles. The van der Waals surface area contributed by atoms with E-state index in [9.17, 15) is 19.5 Å². The van der Waals surface area contributed by atoms with E-state index in [1.54, 1.807) is 12.1 Å². The Morgan fingerprint density at radius 3 is 2.71 bits per heavy atom. The van der Waals surface area contributed by atoms with E-state index in [0.29, 0.717) is 11.5 Å². The van der Waals surface area contributed by atoms with Gasteiger partial charge in [0.05, 0.1) is 11.4 Å². The lowest BCUT2D eigenvalue weighted by Gasteiger charge is -2.14. The molecule has 2 N–H and O–H groups in total. The third kappa shape index (κ3) is 3.55. The van der Waals surface area contributed by atoms with Gasteiger partial charge >= 0.3 is 0 Å². The van der Waals surface area contributed by atoms with E-state index in [2.05, 4.69) is 5.32 Å². The quantitative estimate of drug-likeness (QED) is 0.767. The first kappa shape index (κ1) is 16.4. The van der Waals surface area contributed by atoms with Crippen LogP contribution in [-0.2, 0) is 14.4 Å². The van der Waals surface area contributed by atoms with E-state index in [1.165, 1.54) is 11.3 Å². The predicted octanol–water partition coefficient (Wildman–Crippen LogP) is 1.31. The minimum Gasteiger partial charge on any atom is -0.457 e. The third-order valence-corrected chi connectivity index (χ3v) is 4.55. The monoisotopic (exact) mass is 348 g/mol. The molecule has 126 valence electrons. The van der Waals surface area contributed by atoms with Crippen molar-refractivity contribution in [3.05, 3.63) is 35.4 Å². The fraction of sp³-hybridized carbons (Fsp3) is 0.312. The zero-order valence-electron chi connectivity index (χ0n) is 12.7. The van der Waals surface area contributed by atoms with Crippen molar-refractivity contribution in [2.75, 3.05) is 13.1 Å². The number of amides is 3. The Kier molecular flexibility index (Phi) is 4.77. The lowest BCUT2D eigenvalue weighted by Crippen LogP contribution is -2.41. The maximum absolute atomic E-state index is 11.8. The van der Waals surface area contributed by atoms with Crippen molar-refractivity contribution < 1.29 is 23.9 Å². The second-order valence-electron chi connectivity index (χ2n) is 5.37. The van der Waals surface area contributed by atoms with Crippen LogP contribution in [0.3, 0.4) is 0 Å². The van der Waals surface area contributed by atoms with Crippen LogP contribution in [0, 0.1) is 0 Å². The third-order valence-electron chi connectivity index (χ3n) is 3.67. The smallest absolute Gasteiger partial charge is 0.240 e. The minimum atomic E-state index is -1.01. The lowest BCUT2D eigenvalue weighted by molar-refractivity contribution is -0.142. The number of hydrogen-bond acceptors (Lipinski definition) is 6. The zero-order chi connectivity index (χ0) is 17.1. The predicted molar refractivity (Wildman–Crippen MR) is 85.9 cm³/mol. The molecule has 24 heavy (non-hydrogen) atoms. The van der Waals surface area contributed by atoms with Crippen molar-refractivity contribution in [1.82, 2.24) is 10.2 Å². The number of carbonyl (C=O) groups excluding carboxylic acids is 3. The number of aliphatic hydroxyl groups is 1. The molecule has 2 aromatic heterocycles. The van der Waals surface area contributed by atoms with Gasteiger partial charge in [0.25, 0.3) is 0 Å². The van der Waals surface area contributed by atoms with Crippen LogP contribution in [0.5, 0.6) is 0 Å². The maximum Gasteiger partial charge on any atom is 0.240 e. The van der Waals surface area contributed by atoms with Crippen LogP contribution in [0.4, 0.5) is 0 Å². The van der Waals surface area contributed by atoms with Crippen LogP contribution in [0.1, 0.15) is 24.7 Å². The summed E-state index contributed by atoms with van der Waals surface area (Å²) in [7, 11) is 0. The van der Waals surface area contributed by atoms with Crippen molar-refractivity contribution in [3.63, 3.8) is 0 Å². The highest BCUT2D eigenvalue weighted by Gasteiger charge is 2.30. The van der Waals surface area contributed by atoms with E-state index in [1.807, 2.05) is 17.5 Å². The van der Waals surface area contributed by atoms with E-state index in [-0.39, 0.29) is 37.7 Å². The molecule has 0 radical (unpaired) electrons. The molecule has 7 nitrogen and oxygen atoms in total. The topological polar surface area (TPSA) is 99.9 Å². The largest absolute Gasteiger partial charge is 0.457 e. The molecule has 0 spiro atoms. The van der Waals surface area contributed by atoms with E-state index in [0.717, 1.165) is 9.78 Å². The molecule has 1 aliphatic rings. The number of nitrogens with one attached hydrogen (secondary N) is 1. The first-order valence-corrected chi connectivity index (χ1v) is 8.34. The molecule has 1 fully saturated rings. The molecule has 1 aliphatic heterocycles. The summed E-state index contributed by atoms with van der Waals surface area (Å²) in [6, 6.07) is 7.22. The Bertz CT molecular complexity index is 736. The molecular weight excluding hydrogens is 332 g/mol. The maximum atomic E-state index is 11.8. The number of imide groups is 1. The van der Waals surface area contributed by atoms with Crippen LogP contribution in [0.15, 0.2) is 34.1 Å². The number of nitrogens with zero attached hydrogens (tertiary/aromatic N) is 1. The van der Waals surface area contributed by atoms with E-state index < -0.39 is 12.0 Å². The van der Waals surface area contributed by atoms with Gasteiger partial charge in [0.15, 0.2) is 0 Å². The van der Waals surface area contributed by atoms with Crippen molar-refractivity contribution in [3.8, 4) is 10.6 Å². The molecule has 8 heteroatoms. The average Bonchev–Trinajstić information content (AvgIpc) is 3.29. The van der Waals surface area contributed by atoms with Gasteiger partial charge in [-0.25, -0.2) is 0 Å². The highest BCUT2D eigenvalue weighted by atomic mass is 32.1. The molecule has 0 saturated carbocycles. The van der Waals surface area contributed by atoms with Crippen molar-refractivity contribution in [2.45, 2.75) is 18.9 Å². The van der Waals surface area contributed by atoms with Gasteiger partial charge in [-0.1, -0.05) is 6.07 Å². The molecule has 1 saturated heterocycles. The highest BCUT2D eigenvalue weighted by molar-refractivity contribution is 7.13. The van der Waals surface area contributed by atoms with Crippen LogP contribution in [-0.4, -0.2) is 40.8 Å². The molecule has 0 bridgehead atoms. The number of aliphatic hydroxyl groups excluding tert-OH is 1. The van der Waals surface area contributed by atoms with Crippen LogP contribution < -0.4 is 5.32 Å². The van der Waals surface area contributed by atoms with Crippen molar-refractivity contribution in [1.29, 1.82) is 0 Å². The highest BCUT2D eigenvalue weighted by Crippen LogP contribution is 2.28. The van der Waals surface area contributed by atoms with Crippen LogP contribution in [0.2, 0.25) is 0 Å². The number of furan rings is 1. The summed E-state index contributed by atoms with van der Waals surface area (Å²) in [5.74, 6) is -0.196. The lowest BCUT2D eigenvalue weighted by atomic mass is 10.2. The fourth-order valence-corrected chi connectivity index (χ4v) is 3.08. The van der Waals surface area contributed by atoms with Gasteiger partial charge in [-0.3, -0.25) is 19.3 Å². The molecule has 1 atom stereocenters. The fourth-order valence-electron chi connectivity index (χ4n) is 2.39. The molecule has 3 amide bonds. The SMILES string of the molecule is O=C(CN1C(=O)CCC1=O)NCC(O)c1ccc(-c2cccs2)o1. The van der Waals surface area contributed by atoms with Gasteiger partial charge < -0.3 is 14.8 Å². The first-order chi connectivity index (χ1) is 11.5.